The van der Waals surface area contributed by atoms with Crippen molar-refractivity contribution in [1.29, 1.82) is 0 Å². The van der Waals surface area contributed by atoms with Crippen LogP contribution in [0.25, 0.3) is 10.8 Å². The second-order valence-electron chi connectivity index (χ2n) is 8.28. The van der Waals surface area contributed by atoms with Gasteiger partial charge in [-0.1, -0.05) is 37.1 Å². The van der Waals surface area contributed by atoms with Crippen LogP contribution >= 0.6 is 0 Å². The van der Waals surface area contributed by atoms with Crippen LogP contribution in [0.3, 0.4) is 0 Å². The number of nitrogens with two attached hydrogens (primary N) is 1. The van der Waals surface area contributed by atoms with Gasteiger partial charge in [0.2, 0.25) is 0 Å². The second-order valence-corrected chi connectivity index (χ2v) is 8.28. The van der Waals surface area contributed by atoms with Gasteiger partial charge in [0.15, 0.2) is 0 Å². The largest absolute Gasteiger partial charge is 0.495 e. The Morgan fingerprint density at radius 1 is 1.06 bits per heavy atom. The van der Waals surface area contributed by atoms with Gasteiger partial charge in [0.1, 0.15) is 5.75 Å². The first-order chi connectivity index (χ1) is 15.5. The van der Waals surface area contributed by atoms with E-state index in [2.05, 4.69) is 15.6 Å². The van der Waals surface area contributed by atoms with Gasteiger partial charge in [0, 0.05) is 29.9 Å². The summed E-state index contributed by atoms with van der Waals surface area (Å²) in [5.41, 5.74) is 8.04. The molecule has 1 aromatic heterocycles. The fourth-order valence-electron chi connectivity index (χ4n) is 4.46. The van der Waals surface area contributed by atoms with Gasteiger partial charge in [-0.2, -0.15) is 0 Å². The number of amides is 2. The topological polar surface area (TPSA) is 106 Å². The van der Waals surface area contributed by atoms with Crippen LogP contribution in [0.4, 0.5) is 5.69 Å². The van der Waals surface area contributed by atoms with Crippen LogP contribution in [0.5, 0.6) is 5.75 Å². The van der Waals surface area contributed by atoms with Crippen molar-refractivity contribution >= 4 is 28.3 Å². The molecule has 0 radical (unpaired) electrons. The molecule has 2 atom stereocenters. The minimum atomic E-state index is -0.521. The number of methoxy groups -OCH3 is 1. The highest BCUT2D eigenvalue weighted by Crippen LogP contribution is 2.33. The number of anilines is 1. The zero-order chi connectivity index (χ0) is 22.7. The molecule has 0 bridgehead atoms. The average molecular weight is 433 g/mol. The molecule has 7 heteroatoms. The highest BCUT2D eigenvalue weighted by molar-refractivity contribution is 6.06. The zero-order valence-electron chi connectivity index (χ0n) is 18.4. The van der Waals surface area contributed by atoms with E-state index in [0.29, 0.717) is 22.6 Å². The number of nitrogens with zero attached hydrogens (tertiary/aromatic N) is 1. The SMILES string of the molecule is COc1cc(C)cc(C(N)=O)c1NC1CCCCC1NC(=O)c1cncc2ccccc12. The Labute approximate surface area is 187 Å². The van der Waals surface area contributed by atoms with Gasteiger partial charge >= 0.3 is 0 Å². The summed E-state index contributed by atoms with van der Waals surface area (Å²) in [4.78, 5) is 29.5. The second kappa shape index (κ2) is 9.26. The summed E-state index contributed by atoms with van der Waals surface area (Å²) in [6, 6.07) is 11.2. The first-order valence-electron chi connectivity index (χ1n) is 10.9. The van der Waals surface area contributed by atoms with Gasteiger partial charge in [0.25, 0.3) is 11.8 Å². The number of aryl methyl sites for hydroxylation is 1. The molecule has 1 aliphatic rings. The minimum Gasteiger partial charge on any atom is -0.495 e. The fraction of sp³-hybridized carbons (Fsp3) is 0.320. The molecule has 4 rings (SSSR count). The number of fused-ring (bicyclic) bond motifs is 1. The summed E-state index contributed by atoms with van der Waals surface area (Å²) >= 11 is 0. The molecule has 0 saturated heterocycles. The maximum Gasteiger partial charge on any atom is 0.253 e. The molecule has 1 aliphatic carbocycles. The van der Waals surface area contributed by atoms with Crippen molar-refractivity contribution in [1.82, 2.24) is 10.3 Å². The van der Waals surface area contributed by atoms with Gasteiger partial charge in [-0.3, -0.25) is 14.6 Å². The lowest BCUT2D eigenvalue weighted by Gasteiger charge is -2.34. The molecular weight excluding hydrogens is 404 g/mol. The highest BCUT2D eigenvalue weighted by atomic mass is 16.5. The van der Waals surface area contributed by atoms with Crippen molar-refractivity contribution in [2.75, 3.05) is 12.4 Å². The standard InChI is InChI=1S/C25H28N4O3/c1-15-11-18(24(26)30)23(22(12-15)32-2)28-20-9-5-6-10-21(20)29-25(31)19-14-27-13-16-7-3-4-8-17(16)19/h3-4,7-8,11-14,20-21,28H,5-6,9-10H2,1-2H3,(H2,26,30)(H,29,31). The van der Waals surface area contributed by atoms with E-state index >= 15 is 0 Å². The lowest BCUT2D eigenvalue weighted by Crippen LogP contribution is -2.48. The number of hydrogen-bond donors (Lipinski definition) is 3. The molecule has 1 fully saturated rings. The van der Waals surface area contributed by atoms with Crippen LogP contribution in [-0.2, 0) is 0 Å². The van der Waals surface area contributed by atoms with E-state index in [0.717, 1.165) is 42.0 Å². The summed E-state index contributed by atoms with van der Waals surface area (Å²) < 4.78 is 5.53. The number of carbonyl (C=O) groups is 2. The summed E-state index contributed by atoms with van der Waals surface area (Å²) in [6.07, 6.45) is 7.10. The van der Waals surface area contributed by atoms with Crippen molar-refractivity contribution in [2.24, 2.45) is 5.73 Å². The number of ether oxygens (including phenoxy) is 1. The van der Waals surface area contributed by atoms with E-state index in [1.54, 1.807) is 25.6 Å². The number of nitrogens with one attached hydrogen (secondary N) is 2. The van der Waals surface area contributed by atoms with Crippen molar-refractivity contribution in [3.8, 4) is 5.75 Å². The highest BCUT2D eigenvalue weighted by Gasteiger charge is 2.29. The molecule has 166 valence electrons. The number of carbonyl (C=O) groups excluding carboxylic acids is 2. The normalized spacial score (nSPS) is 18.2. The van der Waals surface area contributed by atoms with Gasteiger partial charge < -0.3 is 21.1 Å². The summed E-state index contributed by atoms with van der Waals surface area (Å²) in [6.45, 7) is 1.89. The van der Waals surface area contributed by atoms with E-state index in [1.165, 1.54) is 0 Å². The molecule has 0 aliphatic heterocycles. The monoisotopic (exact) mass is 432 g/mol. The van der Waals surface area contributed by atoms with Crippen LogP contribution in [0.2, 0.25) is 0 Å². The minimum absolute atomic E-state index is 0.0645. The Balaban J connectivity index is 1.60. The quantitative estimate of drug-likeness (QED) is 0.549. The molecule has 2 aromatic carbocycles. The molecule has 1 saturated carbocycles. The van der Waals surface area contributed by atoms with Crippen LogP contribution in [0.1, 0.15) is 52.0 Å². The molecule has 4 N–H and O–H groups in total. The van der Waals surface area contributed by atoms with Crippen molar-refractivity contribution in [3.63, 3.8) is 0 Å². The van der Waals surface area contributed by atoms with E-state index in [-0.39, 0.29) is 18.0 Å². The van der Waals surface area contributed by atoms with Crippen LogP contribution in [0, 0.1) is 6.92 Å². The lowest BCUT2D eigenvalue weighted by atomic mass is 9.89. The number of benzene rings is 2. The molecular formula is C25H28N4O3. The third-order valence-corrected chi connectivity index (χ3v) is 6.06. The molecule has 2 unspecified atom stereocenters. The maximum absolute atomic E-state index is 13.2. The Kier molecular flexibility index (Phi) is 6.25. The lowest BCUT2D eigenvalue weighted by molar-refractivity contribution is 0.0923. The predicted molar refractivity (Wildman–Crippen MR) is 125 cm³/mol. The van der Waals surface area contributed by atoms with Crippen LogP contribution in [0.15, 0.2) is 48.8 Å². The number of aromatic nitrogens is 1. The summed E-state index contributed by atoms with van der Waals surface area (Å²) in [5.74, 6) is -0.112. The summed E-state index contributed by atoms with van der Waals surface area (Å²) in [5, 5.41) is 8.46. The van der Waals surface area contributed by atoms with Crippen LogP contribution < -0.4 is 21.1 Å². The number of rotatable bonds is 6. The molecule has 1 heterocycles. The smallest absolute Gasteiger partial charge is 0.253 e. The molecule has 3 aromatic rings. The van der Waals surface area contributed by atoms with Gasteiger partial charge in [-0.05, 0) is 42.8 Å². The van der Waals surface area contributed by atoms with Gasteiger partial charge in [-0.25, -0.2) is 0 Å². The van der Waals surface area contributed by atoms with Crippen LogP contribution in [-0.4, -0.2) is 36.0 Å². The van der Waals surface area contributed by atoms with Gasteiger partial charge in [0.05, 0.1) is 23.9 Å². The molecule has 0 spiro atoms. The first kappa shape index (κ1) is 21.6. The molecule has 7 nitrogen and oxygen atoms in total. The van der Waals surface area contributed by atoms with Gasteiger partial charge in [-0.15, -0.1) is 0 Å². The Morgan fingerprint density at radius 2 is 1.81 bits per heavy atom. The third kappa shape index (κ3) is 4.37. The number of primary amides is 1. The predicted octanol–water partition coefficient (Wildman–Crippen LogP) is 3.80. The first-order valence-corrected chi connectivity index (χ1v) is 10.9. The Morgan fingerprint density at radius 3 is 2.56 bits per heavy atom. The third-order valence-electron chi connectivity index (χ3n) is 6.06. The Hall–Kier alpha value is -3.61. The average Bonchev–Trinajstić information content (AvgIpc) is 2.80. The summed E-state index contributed by atoms with van der Waals surface area (Å²) in [7, 11) is 1.57. The number of pyridine rings is 1. The van der Waals surface area contributed by atoms with Crippen molar-refractivity contribution < 1.29 is 14.3 Å². The maximum atomic E-state index is 13.2. The zero-order valence-corrected chi connectivity index (χ0v) is 18.4. The number of hydrogen-bond acceptors (Lipinski definition) is 5. The van der Waals surface area contributed by atoms with Crippen molar-refractivity contribution in [2.45, 2.75) is 44.7 Å². The Bertz CT molecular complexity index is 1160. The van der Waals surface area contributed by atoms with E-state index in [9.17, 15) is 9.59 Å². The van der Waals surface area contributed by atoms with E-state index in [4.69, 9.17) is 10.5 Å². The van der Waals surface area contributed by atoms with Crippen molar-refractivity contribution in [3.05, 3.63) is 65.5 Å². The molecule has 32 heavy (non-hydrogen) atoms. The molecule has 2 amide bonds. The van der Waals surface area contributed by atoms with E-state index < -0.39 is 5.91 Å². The fourth-order valence-corrected chi connectivity index (χ4v) is 4.46. The van der Waals surface area contributed by atoms with E-state index in [1.807, 2.05) is 37.3 Å².